The van der Waals surface area contributed by atoms with Crippen molar-refractivity contribution in [3.8, 4) is 11.3 Å². The molecule has 1 aliphatic rings. The van der Waals surface area contributed by atoms with E-state index in [0.29, 0.717) is 13.1 Å². The normalized spacial score (nSPS) is 16.0. The molecule has 0 atom stereocenters. The van der Waals surface area contributed by atoms with Crippen LogP contribution in [0.4, 0.5) is 5.69 Å². The zero-order valence-electron chi connectivity index (χ0n) is 15.4. The Hall–Kier alpha value is -1.93. The Kier molecular flexibility index (Phi) is 5.42. The maximum absolute atomic E-state index is 13.0. The lowest BCUT2D eigenvalue weighted by atomic mass is 10.2. The van der Waals surface area contributed by atoms with Crippen LogP contribution in [-0.4, -0.2) is 30.4 Å². The highest BCUT2D eigenvalue weighted by Crippen LogP contribution is 2.31. The monoisotopic (exact) mass is 433 g/mol. The van der Waals surface area contributed by atoms with E-state index in [1.807, 2.05) is 53.4 Å². The highest BCUT2D eigenvalue weighted by molar-refractivity contribution is 7.89. The summed E-state index contributed by atoms with van der Waals surface area (Å²) in [5.74, 6) is 0. The maximum Gasteiger partial charge on any atom is 0.244 e. The highest BCUT2D eigenvalue weighted by Gasteiger charge is 2.29. The van der Waals surface area contributed by atoms with Crippen LogP contribution in [0.25, 0.3) is 11.3 Å². The number of benzene rings is 2. The van der Waals surface area contributed by atoms with Crippen molar-refractivity contribution in [3.05, 3.63) is 63.7 Å². The summed E-state index contributed by atoms with van der Waals surface area (Å²) < 4.78 is 29.5. The summed E-state index contributed by atoms with van der Waals surface area (Å²) in [6, 6.07) is 14.9. The van der Waals surface area contributed by atoms with Gasteiger partial charge in [0.15, 0.2) is 4.80 Å². The lowest BCUT2D eigenvalue weighted by molar-refractivity contribution is 0.477. The van der Waals surface area contributed by atoms with E-state index in [4.69, 9.17) is 11.6 Å². The van der Waals surface area contributed by atoms with E-state index in [0.717, 1.165) is 34.6 Å². The molecule has 0 aliphatic carbocycles. The van der Waals surface area contributed by atoms with E-state index in [1.165, 1.54) is 15.6 Å². The number of thiazole rings is 1. The SMILES string of the molecule is Cn1c(-c2ccc(Cl)c(S(=O)(=O)N3CCCC3)c2)cs/c1=N/c1ccccc1. The second kappa shape index (κ2) is 7.83. The molecule has 1 fully saturated rings. The van der Waals surface area contributed by atoms with Gasteiger partial charge in [0.25, 0.3) is 0 Å². The molecule has 4 rings (SSSR count). The fourth-order valence-corrected chi connectivity index (χ4v) is 6.22. The molecule has 2 heterocycles. The molecule has 3 aromatic rings. The molecule has 5 nitrogen and oxygen atoms in total. The molecule has 0 spiro atoms. The molecular formula is C20H20ClN3O2S2. The van der Waals surface area contributed by atoms with Gasteiger partial charge in [-0.1, -0.05) is 35.9 Å². The number of para-hydroxylation sites is 1. The molecule has 0 N–H and O–H groups in total. The molecule has 8 heteroatoms. The molecule has 0 bridgehead atoms. The van der Waals surface area contributed by atoms with Crippen LogP contribution in [-0.2, 0) is 17.1 Å². The van der Waals surface area contributed by atoms with Gasteiger partial charge >= 0.3 is 0 Å². The zero-order valence-corrected chi connectivity index (χ0v) is 17.8. The summed E-state index contributed by atoms with van der Waals surface area (Å²) in [5.41, 5.74) is 2.57. The van der Waals surface area contributed by atoms with Crippen molar-refractivity contribution in [2.45, 2.75) is 17.7 Å². The predicted octanol–water partition coefficient (Wildman–Crippen LogP) is 4.42. The molecular weight excluding hydrogens is 414 g/mol. The topological polar surface area (TPSA) is 54.7 Å². The van der Waals surface area contributed by atoms with Crippen molar-refractivity contribution < 1.29 is 8.42 Å². The van der Waals surface area contributed by atoms with E-state index >= 15 is 0 Å². The Bertz CT molecular complexity index is 1160. The van der Waals surface area contributed by atoms with Gasteiger partial charge in [-0.05, 0) is 37.1 Å². The number of nitrogens with zero attached hydrogens (tertiary/aromatic N) is 3. The van der Waals surface area contributed by atoms with Gasteiger partial charge < -0.3 is 4.57 Å². The Morgan fingerprint density at radius 2 is 1.79 bits per heavy atom. The summed E-state index contributed by atoms with van der Waals surface area (Å²) in [6.45, 7) is 1.10. The number of halogens is 1. The molecule has 1 saturated heterocycles. The fourth-order valence-electron chi connectivity index (χ4n) is 3.27. The predicted molar refractivity (Wildman–Crippen MR) is 113 cm³/mol. The average molecular weight is 434 g/mol. The molecule has 146 valence electrons. The molecule has 2 aromatic carbocycles. The Morgan fingerprint density at radius 1 is 1.07 bits per heavy atom. The molecule has 0 amide bonds. The van der Waals surface area contributed by atoms with Crippen molar-refractivity contribution in [2.75, 3.05) is 13.1 Å². The second-order valence-electron chi connectivity index (χ2n) is 6.67. The summed E-state index contributed by atoms with van der Waals surface area (Å²) in [4.78, 5) is 5.67. The van der Waals surface area contributed by atoms with Crippen molar-refractivity contribution in [1.82, 2.24) is 8.87 Å². The molecule has 0 radical (unpaired) electrons. The highest BCUT2D eigenvalue weighted by atomic mass is 35.5. The van der Waals surface area contributed by atoms with Crippen LogP contribution >= 0.6 is 22.9 Å². The quantitative estimate of drug-likeness (QED) is 0.611. The molecule has 1 aliphatic heterocycles. The lowest BCUT2D eigenvalue weighted by Crippen LogP contribution is -2.28. The third-order valence-electron chi connectivity index (χ3n) is 4.82. The zero-order chi connectivity index (χ0) is 19.7. The van der Waals surface area contributed by atoms with Gasteiger partial charge in [-0.2, -0.15) is 4.31 Å². The Morgan fingerprint density at radius 3 is 2.50 bits per heavy atom. The molecule has 0 saturated carbocycles. The van der Waals surface area contributed by atoms with E-state index in [1.54, 1.807) is 12.1 Å². The van der Waals surface area contributed by atoms with Gasteiger partial charge in [0, 0.05) is 31.1 Å². The Balaban J connectivity index is 1.76. The van der Waals surface area contributed by atoms with Gasteiger partial charge in [0.1, 0.15) is 4.90 Å². The molecule has 0 unspecified atom stereocenters. The van der Waals surface area contributed by atoms with Gasteiger partial charge in [0.05, 0.1) is 16.4 Å². The van der Waals surface area contributed by atoms with Crippen LogP contribution in [0.2, 0.25) is 5.02 Å². The van der Waals surface area contributed by atoms with E-state index < -0.39 is 10.0 Å². The first-order valence-corrected chi connectivity index (χ1v) is 11.7. The summed E-state index contributed by atoms with van der Waals surface area (Å²) in [7, 11) is -1.65. The van der Waals surface area contributed by atoms with Crippen molar-refractivity contribution in [2.24, 2.45) is 12.0 Å². The number of rotatable bonds is 4. The van der Waals surface area contributed by atoms with Gasteiger partial charge in [-0.3, -0.25) is 0 Å². The van der Waals surface area contributed by atoms with Crippen LogP contribution in [0.3, 0.4) is 0 Å². The van der Waals surface area contributed by atoms with Crippen LogP contribution in [0, 0.1) is 0 Å². The number of aromatic nitrogens is 1. The van der Waals surface area contributed by atoms with Crippen molar-refractivity contribution >= 4 is 38.6 Å². The fraction of sp³-hybridized carbons (Fsp3) is 0.250. The summed E-state index contributed by atoms with van der Waals surface area (Å²) >= 11 is 7.78. The minimum atomic E-state index is -3.58. The summed E-state index contributed by atoms with van der Waals surface area (Å²) in [5, 5.41) is 2.24. The van der Waals surface area contributed by atoms with E-state index in [9.17, 15) is 8.42 Å². The van der Waals surface area contributed by atoms with Gasteiger partial charge in [0.2, 0.25) is 10.0 Å². The summed E-state index contributed by atoms with van der Waals surface area (Å²) in [6.07, 6.45) is 1.78. The van der Waals surface area contributed by atoms with Crippen LogP contribution < -0.4 is 4.80 Å². The second-order valence-corrected chi connectivity index (χ2v) is 9.82. The van der Waals surface area contributed by atoms with Crippen molar-refractivity contribution in [1.29, 1.82) is 0 Å². The first-order chi connectivity index (χ1) is 13.5. The first kappa shape index (κ1) is 19.4. The lowest BCUT2D eigenvalue weighted by Gasteiger charge is -2.17. The largest absolute Gasteiger partial charge is 0.320 e. The maximum atomic E-state index is 13.0. The van der Waals surface area contributed by atoms with Gasteiger partial charge in [-0.25, -0.2) is 13.4 Å². The van der Waals surface area contributed by atoms with Crippen LogP contribution in [0.5, 0.6) is 0 Å². The van der Waals surface area contributed by atoms with Crippen LogP contribution in [0.15, 0.2) is 63.8 Å². The number of sulfonamides is 1. The first-order valence-electron chi connectivity index (χ1n) is 9.01. The van der Waals surface area contributed by atoms with Crippen LogP contribution in [0.1, 0.15) is 12.8 Å². The number of hydrogen-bond acceptors (Lipinski definition) is 4. The van der Waals surface area contributed by atoms with E-state index in [-0.39, 0.29) is 9.92 Å². The standard InChI is InChI=1S/C20H20ClN3O2S2/c1-23-18(14-27-20(23)22-16-7-3-2-4-8-16)15-9-10-17(21)19(13-15)28(25,26)24-11-5-6-12-24/h2-4,7-10,13-14H,5-6,11-12H2,1H3/b22-20+. The van der Waals surface area contributed by atoms with E-state index in [2.05, 4.69) is 4.99 Å². The van der Waals surface area contributed by atoms with Gasteiger partial charge in [-0.15, -0.1) is 11.3 Å². The average Bonchev–Trinajstić information content (AvgIpc) is 3.35. The smallest absolute Gasteiger partial charge is 0.244 e. The third kappa shape index (κ3) is 3.67. The molecule has 28 heavy (non-hydrogen) atoms. The van der Waals surface area contributed by atoms with Crippen molar-refractivity contribution in [3.63, 3.8) is 0 Å². The third-order valence-corrected chi connectivity index (χ3v) is 8.11. The molecule has 1 aromatic heterocycles. The number of hydrogen-bond donors (Lipinski definition) is 0. The minimum Gasteiger partial charge on any atom is -0.320 e. The minimum absolute atomic E-state index is 0.168. The Labute approximate surface area is 173 Å².